The van der Waals surface area contributed by atoms with E-state index in [0.717, 1.165) is 45.2 Å². The quantitative estimate of drug-likeness (QED) is 0.236. The minimum atomic E-state index is -0.925. The fourth-order valence-electron chi connectivity index (χ4n) is 4.79. The molecule has 0 N–H and O–H groups in total. The summed E-state index contributed by atoms with van der Waals surface area (Å²) in [5.41, 5.74) is 3.55. The van der Waals surface area contributed by atoms with Crippen LogP contribution in [0.5, 0.6) is 11.5 Å². The van der Waals surface area contributed by atoms with E-state index in [0.29, 0.717) is 0 Å². The predicted octanol–water partition coefficient (Wildman–Crippen LogP) is 5.93. The van der Waals surface area contributed by atoms with E-state index in [1.54, 1.807) is 26.7 Å². The zero-order valence-corrected chi connectivity index (χ0v) is 21.5. The highest BCUT2D eigenvalue weighted by atomic mass is 16.5. The highest BCUT2D eigenvalue weighted by Gasteiger charge is 2.38. The van der Waals surface area contributed by atoms with Crippen molar-refractivity contribution in [1.82, 2.24) is 19.5 Å². The van der Waals surface area contributed by atoms with Crippen molar-refractivity contribution < 1.29 is 14.2 Å². The summed E-state index contributed by atoms with van der Waals surface area (Å²) in [4.78, 5) is 13.5. The van der Waals surface area contributed by atoms with Gasteiger partial charge in [0, 0.05) is 6.04 Å². The molecule has 188 valence electrons. The first-order chi connectivity index (χ1) is 18.1. The second-order valence-corrected chi connectivity index (χ2v) is 9.02. The lowest BCUT2D eigenvalue weighted by Crippen LogP contribution is -2.33. The predicted molar refractivity (Wildman–Crippen MR) is 143 cm³/mol. The van der Waals surface area contributed by atoms with E-state index in [9.17, 15) is 0 Å². The van der Waals surface area contributed by atoms with Crippen molar-refractivity contribution in [1.29, 1.82) is 0 Å². The molecule has 0 spiro atoms. The van der Waals surface area contributed by atoms with Crippen molar-refractivity contribution >= 4 is 11.2 Å². The Balaban J connectivity index is 1.69. The second kappa shape index (κ2) is 10.4. The van der Waals surface area contributed by atoms with Gasteiger partial charge in [-0.1, -0.05) is 54.6 Å². The summed E-state index contributed by atoms with van der Waals surface area (Å²) in [5.74, 6) is 2.34. The number of ether oxygens (including phenoxy) is 3. The van der Waals surface area contributed by atoms with Crippen LogP contribution in [0.4, 0.5) is 0 Å². The number of aromatic nitrogens is 4. The molecule has 2 aromatic heterocycles. The van der Waals surface area contributed by atoms with Crippen LogP contribution in [-0.4, -0.2) is 33.7 Å². The summed E-state index contributed by atoms with van der Waals surface area (Å²) in [6.45, 7) is 4.48. The lowest BCUT2D eigenvalue weighted by Gasteiger charge is -2.36. The monoisotopic (exact) mass is 494 g/mol. The number of fused-ring (bicyclic) bond motifs is 1. The minimum absolute atomic E-state index is 0.145. The van der Waals surface area contributed by atoms with Crippen molar-refractivity contribution in [3.63, 3.8) is 0 Å². The summed E-state index contributed by atoms with van der Waals surface area (Å²) in [5, 5.41) is 0. The Hall–Kier alpha value is -4.23. The molecule has 7 heteroatoms. The third kappa shape index (κ3) is 4.54. The fourth-order valence-corrected chi connectivity index (χ4v) is 4.79. The smallest absolute Gasteiger partial charge is 0.163 e. The maximum absolute atomic E-state index is 7.03. The molecule has 0 radical (unpaired) electrons. The third-order valence-corrected chi connectivity index (χ3v) is 6.54. The second-order valence-electron chi connectivity index (χ2n) is 9.02. The van der Waals surface area contributed by atoms with Gasteiger partial charge in [-0.15, -0.1) is 0 Å². The van der Waals surface area contributed by atoms with Gasteiger partial charge in [0.1, 0.15) is 41.4 Å². The van der Waals surface area contributed by atoms with E-state index >= 15 is 0 Å². The van der Waals surface area contributed by atoms with Crippen LogP contribution in [0, 0.1) is 0 Å². The molecule has 0 aliphatic heterocycles. The van der Waals surface area contributed by atoms with Crippen LogP contribution >= 0.6 is 0 Å². The summed E-state index contributed by atoms with van der Waals surface area (Å²) in [6.07, 6.45) is 3.29. The standard InChI is InChI=1S/C30H30N4O3/c1-21(2)34-28(33-27-18-31-20-32-29(27)34)19-37-30(22-8-6-5-7-9-22,23-10-14-25(35-3)15-11-23)24-12-16-26(36-4)17-13-24/h5-18,20-21H,19H2,1-4H3. The van der Waals surface area contributed by atoms with Crippen molar-refractivity contribution in [3.8, 4) is 11.5 Å². The van der Waals surface area contributed by atoms with Gasteiger partial charge in [-0.2, -0.15) is 0 Å². The van der Waals surface area contributed by atoms with Crippen LogP contribution in [-0.2, 0) is 16.9 Å². The SMILES string of the molecule is COc1ccc(C(OCc2nc3cncnc3n2C(C)C)(c2ccccc2)c2ccc(OC)cc2)cc1. The molecular formula is C30H30N4O3. The zero-order valence-electron chi connectivity index (χ0n) is 21.5. The summed E-state index contributed by atoms with van der Waals surface area (Å²) < 4.78 is 20.0. The molecule has 37 heavy (non-hydrogen) atoms. The molecule has 2 heterocycles. The average molecular weight is 495 g/mol. The number of hydrogen-bond acceptors (Lipinski definition) is 6. The van der Waals surface area contributed by atoms with E-state index in [1.165, 1.54) is 0 Å². The highest BCUT2D eigenvalue weighted by Crippen LogP contribution is 2.42. The van der Waals surface area contributed by atoms with Crippen LogP contribution < -0.4 is 9.47 Å². The van der Waals surface area contributed by atoms with Gasteiger partial charge in [-0.25, -0.2) is 15.0 Å². The van der Waals surface area contributed by atoms with Gasteiger partial charge < -0.3 is 18.8 Å². The molecule has 0 saturated carbocycles. The maximum atomic E-state index is 7.03. The molecule has 0 saturated heterocycles. The lowest BCUT2D eigenvalue weighted by molar-refractivity contribution is -0.00468. The van der Waals surface area contributed by atoms with Gasteiger partial charge in [-0.05, 0) is 54.8 Å². The average Bonchev–Trinajstić information content (AvgIpc) is 3.33. The van der Waals surface area contributed by atoms with Crippen molar-refractivity contribution in [2.45, 2.75) is 32.1 Å². The van der Waals surface area contributed by atoms with Gasteiger partial charge >= 0.3 is 0 Å². The number of rotatable bonds is 9. The first-order valence-electron chi connectivity index (χ1n) is 12.2. The van der Waals surface area contributed by atoms with E-state index < -0.39 is 5.60 Å². The number of nitrogens with zero attached hydrogens (tertiary/aromatic N) is 4. The molecule has 0 atom stereocenters. The Labute approximate surface area is 216 Å². The van der Waals surface area contributed by atoms with E-state index in [1.807, 2.05) is 66.7 Å². The molecule has 0 aliphatic rings. The van der Waals surface area contributed by atoms with Gasteiger partial charge in [0.25, 0.3) is 0 Å². The van der Waals surface area contributed by atoms with Gasteiger partial charge in [0.2, 0.25) is 0 Å². The molecular weight excluding hydrogens is 464 g/mol. The van der Waals surface area contributed by atoms with E-state index in [2.05, 4.69) is 40.5 Å². The zero-order chi connectivity index (χ0) is 25.8. The molecule has 0 aliphatic carbocycles. The normalized spacial score (nSPS) is 11.7. The Bertz CT molecular complexity index is 1420. The number of benzene rings is 3. The van der Waals surface area contributed by atoms with E-state index in [4.69, 9.17) is 19.2 Å². The minimum Gasteiger partial charge on any atom is -0.497 e. The Morgan fingerprint density at radius 3 is 1.89 bits per heavy atom. The topological polar surface area (TPSA) is 71.3 Å². The molecule has 3 aromatic carbocycles. The van der Waals surface area contributed by atoms with E-state index in [-0.39, 0.29) is 12.6 Å². The van der Waals surface area contributed by atoms with Crippen LogP contribution in [0.15, 0.2) is 91.4 Å². The summed E-state index contributed by atoms with van der Waals surface area (Å²) in [6, 6.07) is 26.4. The van der Waals surface area contributed by atoms with Crippen LogP contribution in [0.1, 0.15) is 42.4 Å². The van der Waals surface area contributed by atoms with Crippen LogP contribution in [0.3, 0.4) is 0 Å². The molecule has 0 amide bonds. The highest BCUT2D eigenvalue weighted by molar-refractivity contribution is 5.70. The van der Waals surface area contributed by atoms with Crippen molar-refractivity contribution in [2.75, 3.05) is 14.2 Å². The lowest BCUT2D eigenvalue weighted by atomic mass is 9.80. The largest absolute Gasteiger partial charge is 0.497 e. The number of hydrogen-bond donors (Lipinski definition) is 0. The molecule has 7 nitrogen and oxygen atoms in total. The number of imidazole rings is 1. The third-order valence-electron chi connectivity index (χ3n) is 6.54. The molecule has 0 fully saturated rings. The van der Waals surface area contributed by atoms with Crippen LogP contribution in [0.25, 0.3) is 11.2 Å². The molecule has 0 unspecified atom stereocenters. The maximum Gasteiger partial charge on any atom is 0.163 e. The van der Waals surface area contributed by atoms with Gasteiger partial charge in [0.15, 0.2) is 5.65 Å². The Morgan fingerprint density at radius 2 is 1.35 bits per heavy atom. The molecule has 5 rings (SSSR count). The van der Waals surface area contributed by atoms with Gasteiger partial charge in [-0.3, -0.25) is 0 Å². The van der Waals surface area contributed by atoms with Gasteiger partial charge in [0.05, 0.1) is 20.4 Å². The first kappa shape index (κ1) is 24.5. The molecule has 0 bridgehead atoms. The van der Waals surface area contributed by atoms with Crippen molar-refractivity contribution in [3.05, 3.63) is 114 Å². The Kier molecular flexibility index (Phi) is 6.88. The first-order valence-corrected chi connectivity index (χ1v) is 12.2. The summed E-state index contributed by atoms with van der Waals surface area (Å²) in [7, 11) is 3.33. The fraction of sp³-hybridized carbons (Fsp3) is 0.233. The summed E-state index contributed by atoms with van der Waals surface area (Å²) >= 11 is 0. The van der Waals surface area contributed by atoms with Crippen LogP contribution in [0.2, 0.25) is 0 Å². The molecule has 5 aromatic rings. The van der Waals surface area contributed by atoms with Crippen molar-refractivity contribution in [2.24, 2.45) is 0 Å². The number of methoxy groups -OCH3 is 2. The Morgan fingerprint density at radius 1 is 0.784 bits per heavy atom.